The number of nitrogens with one attached hydrogen (secondary N) is 3. The number of hydrogen-bond donors (Lipinski definition) is 4. The molecule has 0 saturated heterocycles. The first kappa shape index (κ1) is 29.5. The number of ether oxygens (including phenoxy) is 1. The number of hydrogen-bond acceptors (Lipinski definition) is 8. The number of amides is 1. The summed E-state index contributed by atoms with van der Waals surface area (Å²) in [5, 5.41) is 13.8. The van der Waals surface area contributed by atoms with Gasteiger partial charge in [-0.2, -0.15) is 0 Å². The molecule has 4 N–H and O–H groups in total. The molecule has 2 aromatic carbocycles. The zero-order chi connectivity index (χ0) is 29.5. The number of aromatic nitrogens is 1. The van der Waals surface area contributed by atoms with Crippen molar-refractivity contribution in [3.05, 3.63) is 77.0 Å². The van der Waals surface area contributed by atoms with Gasteiger partial charge in [-0.15, -0.1) is 0 Å². The molecule has 0 radical (unpaired) electrons. The fourth-order valence-corrected chi connectivity index (χ4v) is 6.10. The number of anilines is 2. The zero-order valence-electron chi connectivity index (χ0n) is 22.7. The Kier molecular flexibility index (Phi) is 7.96. The summed E-state index contributed by atoms with van der Waals surface area (Å²) in [5.41, 5.74) is 1.35. The van der Waals surface area contributed by atoms with Crippen molar-refractivity contribution in [1.82, 2.24) is 9.71 Å². The normalized spacial score (nSPS) is 18.4. The summed E-state index contributed by atoms with van der Waals surface area (Å²) >= 11 is 0. The summed E-state index contributed by atoms with van der Waals surface area (Å²) in [6.45, 7) is 6.91. The molecule has 4 rings (SSSR count). The molecule has 13 heteroatoms. The highest BCUT2D eigenvalue weighted by Crippen LogP contribution is 2.39. The van der Waals surface area contributed by atoms with Gasteiger partial charge < -0.3 is 15.2 Å². The number of aryl methyl sites for hydroxylation is 2. The van der Waals surface area contributed by atoms with E-state index in [0.717, 1.165) is 18.2 Å². The second-order valence-corrected chi connectivity index (χ2v) is 13.7. The van der Waals surface area contributed by atoms with E-state index in [9.17, 15) is 26.7 Å². The fourth-order valence-electron chi connectivity index (χ4n) is 4.26. The van der Waals surface area contributed by atoms with Gasteiger partial charge in [0, 0.05) is 18.9 Å². The largest absolute Gasteiger partial charge is 0.469 e. The number of carbonyl (C=O) groups excluding carboxylic acids is 1. The van der Waals surface area contributed by atoms with Gasteiger partial charge in [-0.05, 0) is 68.7 Å². The number of sulfonamides is 2. The van der Waals surface area contributed by atoms with E-state index in [1.54, 1.807) is 45.0 Å². The van der Waals surface area contributed by atoms with Gasteiger partial charge >= 0.3 is 0 Å². The van der Waals surface area contributed by atoms with Crippen LogP contribution in [0.3, 0.4) is 0 Å². The number of pyridine rings is 1. The van der Waals surface area contributed by atoms with Gasteiger partial charge in [0.25, 0.3) is 5.91 Å². The Bertz CT molecular complexity index is 1660. The molecule has 3 aromatic rings. The van der Waals surface area contributed by atoms with Gasteiger partial charge in [-0.1, -0.05) is 25.1 Å². The van der Waals surface area contributed by atoms with Crippen molar-refractivity contribution < 1.29 is 32.9 Å². The molecule has 1 amide bonds. The van der Waals surface area contributed by atoms with Crippen molar-refractivity contribution in [3.8, 4) is 5.88 Å². The third kappa shape index (κ3) is 6.44. The molecule has 1 aliphatic rings. The smallest absolute Gasteiger partial charge is 0.257 e. The predicted octanol–water partition coefficient (Wildman–Crippen LogP) is 3.37. The number of rotatable bonds is 8. The highest BCUT2D eigenvalue weighted by atomic mass is 32.2. The molecule has 0 aliphatic carbocycles. The molecule has 0 saturated carbocycles. The van der Waals surface area contributed by atoms with Crippen molar-refractivity contribution >= 4 is 37.3 Å². The van der Waals surface area contributed by atoms with E-state index < -0.39 is 43.7 Å². The summed E-state index contributed by atoms with van der Waals surface area (Å²) in [4.78, 5) is 17.4. The average molecular weight is 591 g/mol. The Balaban J connectivity index is 0.00000462. The van der Waals surface area contributed by atoms with Gasteiger partial charge in [-0.25, -0.2) is 26.5 Å². The van der Waals surface area contributed by atoms with Gasteiger partial charge in [0.05, 0.1) is 28.4 Å². The Morgan fingerprint density at radius 1 is 1.10 bits per heavy atom. The van der Waals surface area contributed by atoms with Crippen LogP contribution in [0.2, 0.25) is 0 Å². The minimum absolute atomic E-state index is 0. The lowest BCUT2D eigenvalue weighted by Crippen LogP contribution is -2.53. The minimum Gasteiger partial charge on any atom is -0.469 e. The van der Waals surface area contributed by atoms with Crippen LogP contribution in [0.25, 0.3) is 0 Å². The maximum atomic E-state index is 13.3. The Morgan fingerprint density at radius 3 is 2.40 bits per heavy atom. The van der Waals surface area contributed by atoms with Crippen LogP contribution in [0.4, 0.5) is 11.4 Å². The molecule has 11 nitrogen and oxygen atoms in total. The van der Waals surface area contributed by atoms with E-state index in [4.69, 9.17) is 4.74 Å². The van der Waals surface area contributed by atoms with E-state index in [1.165, 1.54) is 30.5 Å². The van der Waals surface area contributed by atoms with Crippen LogP contribution in [0.5, 0.6) is 5.88 Å². The van der Waals surface area contributed by atoms with Gasteiger partial charge in [0.1, 0.15) is 11.7 Å². The third-order valence-corrected chi connectivity index (χ3v) is 8.63. The van der Waals surface area contributed by atoms with Crippen LogP contribution in [-0.4, -0.2) is 50.8 Å². The lowest BCUT2D eigenvalue weighted by Gasteiger charge is -2.41. The molecule has 0 bridgehead atoms. The van der Waals surface area contributed by atoms with Crippen LogP contribution < -0.4 is 19.5 Å². The van der Waals surface area contributed by atoms with Crippen LogP contribution in [0, 0.1) is 6.92 Å². The molecule has 0 unspecified atom stereocenters. The quantitative estimate of drug-likeness (QED) is 0.310. The van der Waals surface area contributed by atoms with E-state index in [-0.39, 0.29) is 23.3 Å². The molecule has 1 aromatic heterocycles. The number of fused-ring (bicyclic) bond motifs is 1. The number of aliphatic hydroxyl groups excluding tert-OH is 1. The van der Waals surface area contributed by atoms with E-state index in [0.29, 0.717) is 16.9 Å². The highest BCUT2D eigenvalue weighted by molar-refractivity contribution is 7.92. The summed E-state index contributed by atoms with van der Waals surface area (Å²) < 4.78 is 60.7. The molecule has 216 valence electrons. The summed E-state index contributed by atoms with van der Waals surface area (Å²) in [6, 6.07) is 11.4. The number of benzene rings is 2. The summed E-state index contributed by atoms with van der Waals surface area (Å²) in [5.74, 6) is -0.503. The van der Waals surface area contributed by atoms with Gasteiger partial charge in [-0.3, -0.25) is 9.52 Å². The van der Waals surface area contributed by atoms with E-state index in [1.807, 2.05) is 6.92 Å². The molecule has 0 spiro atoms. The first-order valence-corrected chi connectivity index (χ1v) is 15.8. The van der Waals surface area contributed by atoms with Gasteiger partial charge in [0.15, 0.2) is 0 Å². The lowest BCUT2D eigenvalue weighted by atomic mass is 9.88. The summed E-state index contributed by atoms with van der Waals surface area (Å²) in [7, 11) is -7.60. The standard InChI is InChI=1S/C27H32N4O7S2.H2/c1-6-17-8-11-20(12-9-17)40(36,37)31-23-21-13-18(15-28-26(21)38-27(3,4)24(23)32)25(33)29-19-10-7-16(2)22(14-19)30-39(5,34)35;/h7-15,23-24,30-32H,6H2,1-5H3,(H,29,33);1H/t23-,24+;/m1./s1. The van der Waals surface area contributed by atoms with Crippen molar-refractivity contribution in [2.45, 2.75) is 56.8 Å². The third-order valence-electron chi connectivity index (χ3n) is 6.58. The van der Waals surface area contributed by atoms with E-state index >= 15 is 0 Å². The predicted molar refractivity (Wildman–Crippen MR) is 154 cm³/mol. The summed E-state index contributed by atoms with van der Waals surface area (Å²) in [6.07, 6.45) is 1.74. The first-order chi connectivity index (χ1) is 18.6. The van der Waals surface area contributed by atoms with Crippen LogP contribution in [0.15, 0.2) is 59.6 Å². The number of nitrogens with zero attached hydrogens (tertiary/aromatic N) is 1. The molecule has 40 heavy (non-hydrogen) atoms. The Hall–Kier alpha value is -3.52. The van der Waals surface area contributed by atoms with Gasteiger partial charge in [0.2, 0.25) is 25.9 Å². The van der Waals surface area contributed by atoms with Crippen molar-refractivity contribution in [1.29, 1.82) is 0 Å². The molecule has 2 atom stereocenters. The van der Waals surface area contributed by atoms with Crippen molar-refractivity contribution in [2.24, 2.45) is 0 Å². The maximum Gasteiger partial charge on any atom is 0.257 e. The SMILES string of the molecule is CCc1ccc(S(=O)(=O)N[C@@H]2c3cc(C(=O)Nc4ccc(C)c(NS(C)(=O)=O)c4)cnc3OC(C)(C)[C@H]2O)cc1.[HH]. The van der Waals surface area contributed by atoms with E-state index in [2.05, 4.69) is 19.7 Å². The lowest BCUT2D eigenvalue weighted by molar-refractivity contribution is -0.0632. The first-order valence-electron chi connectivity index (χ1n) is 12.5. The Morgan fingerprint density at radius 2 is 1.77 bits per heavy atom. The molecule has 0 fully saturated rings. The maximum absolute atomic E-state index is 13.3. The van der Waals surface area contributed by atoms with Crippen molar-refractivity contribution in [3.63, 3.8) is 0 Å². The number of carbonyl (C=O) groups is 1. The molecular formula is C27H34N4O7S2. The highest BCUT2D eigenvalue weighted by Gasteiger charge is 2.45. The second kappa shape index (κ2) is 10.8. The second-order valence-electron chi connectivity index (χ2n) is 10.2. The van der Waals surface area contributed by atoms with Crippen molar-refractivity contribution in [2.75, 3.05) is 16.3 Å². The average Bonchev–Trinajstić information content (AvgIpc) is 2.87. The molecule has 1 aliphatic heterocycles. The molecule has 2 heterocycles. The Labute approximate surface area is 235 Å². The van der Waals surface area contributed by atoms with Crippen LogP contribution >= 0.6 is 0 Å². The van der Waals surface area contributed by atoms with Crippen LogP contribution in [0.1, 0.15) is 55.3 Å². The molecular weight excluding hydrogens is 556 g/mol. The fraction of sp³-hybridized carbons (Fsp3) is 0.333. The minimum atomic E-state index is -4.07. The monoisotopic (exact) mass is 590 g/mol. The number of aliphatic hydroxyl groups is 1. The zero-order valence-corrected chi connectivity index (χ0v) is 24.4. The topological polar surface area (TPSA) is 164 Å². The van der Waals surface area contributed by atoms with Crippen LogP contribution in [-0.2, 0) is 26.5 Å².